The monoisotopic (exact) mass is 370 g/mol. The van der Waals surface area contributed by atoms with Crippen LogP contribution >= 0.6 is 0 Å². The number of amides is 2. The van der Waals surface area contributed by atoms with Crippen molar-refractivity contribution in [3.63, 3.8) is 0 Å². The van der Waals surface area contributed by atoms with Gasteiger partial charge in [0.2, 0.25) is 5.91 Å². The Labute approximate surface area is 157 Å². The molecule has 2 saturated heterocycles. The Balaban J connectivity index is 1.48. The number of hydrogen-bond donors (Lipinski definition) is 0. The van der Waals surface area contributed by atoms with E-state index in [4.69, 9.17) is 4.42 Å². The van der Waals surface area contributed by atoms with Crippen LogP contribution in [0.15, 0.2) is 41.0 Å². The predicted molar refractivity (Wildman–Crippen MR) is 97.4 cm³/mol. The Morgan fingerprint density at radius 1 is 1.19 bits per heavy atom. The van der Waals surface area contributed by atoms with Crippen molar-refractivity contribution in [2.45, 2.75) is 32.7 Å². The van der Waals surface area contributed by atoms with Gasteiger partial charge in [-0.05, 0) is 49.9 Å². The number of rotatable bonds is 3. The summed E-state index contributed by atoms with van der Waals surface area (Å²) in [5.41, 5.74) is 0.992. The van der Waals surface area contributed by atoms with E-state index in [0.29, 0.717) is 43.9 Å². The molecule has 5 nitrogen and oxygen atoms in total. The number of aryl methyl sites for hydroxylation is 1. The van der Waals surface area contributed by atoms with Crippen LogP contribution in [-0.4, -0.2) is 41.2 Å². The first-order chi connectivity index (χ1) is 13.0. The van der Waals surface area contributed by atoms with E-state index < -0.39 is 5.41 Å². The predicted octanol–water partition coefficient (Wildman–Crippen LogP) is 3.38. The van der Waals surface area contributed by atoms with Crippen LogP contribution in [0.1, 0.15) is 40.9 Å². The molecule has 1 aromatic heterocycles. The number of hydrogen-bond acceptors (Lipinski definition) is 3. The van der Waals surface area contributed by atoms with Crippen molar-refractivity contribution >= 4 is 11.8 Å². The summed E-state index contributed by atoms with van der Waals surface area (Å²) in [5.74, 6) is 0.368. The highest BCUT2D eigenvalue weighted by Crippen LogP contribution is 2.41. The summed E-state index contributed by atoms with van der Waals surface area (Å²) in [6.07, 6.45) is 3.93. The highest BCUT2D eigenvalue weighted by molar-refractivity contribution is 5.96. The maximum absolute atomic E-state index is 13.2. The van der Waals surface area contributed by atoms with Gasteiger partial charge in [0.05, 0.1) is 17.2 Å². The topological polar surface area (TPSA) is 53.8 Å². The molecule has 2 aliphatic heterocycles. The normalized spacial score (nSPS) is 22.7. The first kappa shape index (κ1) is 17.8. The van der Waals surface area contributed by atoms with Crippen molar-refractivity contribution in [3.05, 3.63) is 59.3 Å². The minimum absolute atomic E-state index is 0.0680. The molecular weight excluding hydrogens is 347 g/mol. The van der Waals surface area contributed by atoms with Crippen LogP contribution in [0.2, 0.25) is 0 Å². The highest BCUT2D eigenvalue weighted by Gasteiger charge is 2.49. The fraction of sp³-hybridized carbons (Fsp3) is 0.429. The lowest BCUT2D eigenvalue weighted by molar-refractivity contribution is -0.146. The summed E-state index contributed by atoms with van der Waals surface area (Å²) in [5, 5.41) is 0. The lowest BCUT2D eigenvalue weighted by Crippen LogP contribution is -2.50. The molecule has 1 unspecified atom stereocenters. The summed E-state index contributed by atoms with van der Waals surface area (Å²) in [6, 6.07) is 7.96. The molecule has 0 saturated carbocycles. The van der Waals surface area contributed by atoms with Crippen LogP contribution in [0.5, 0.6) is 0 Å². The molecule has 6 heteroatoms. The third-order valence-corrected chi connectivity index (χ3v) is 5.84. The zero-order valence-electron chi connectivity index (χ0n) is 15.4. The summed E-state index contributed by atoms with van der Waals surface area (Å²) in [7, 11) is 0. The van der Waals surface area contributed by atoms with Crippen LogP contribution < -0.4 is 0 Å². The molecule has 27 heavy (non-hydrogen) atoms. The summed E-state index contributed by atoms with van der Waals surface area (Å²) < 4.78 is 18.4. The molecule has 142 valence electrons. The lowest BCUT2D eigenvalue weighted by Gasteiger charge is -2.39. The van der Waals surface area contributed by atoms with Gasteiger partial charge >= 0.3 is 0 Å². The van der Waals surface area contributed by atoms with Gasteiger partial charge in [-0.25, -0.2) is 4.39 Å². The Morgan fingerprint density at radius 2 is 1.96 bits per heavy atom. The maximum atomic E-state index is 13.2. The molecule has 3 heterocycles. The second-order valence-electron chi connectivity index (χ2n) is 7.60. The van der Waals surface area contributed by atoms with E-state index in [2.05, 4.69) is 0 Å². The Bertz CT molecular complexity index is 861. The highest BCUT2D eigenvalue weighted by atomic mass is 19.1. The molecule has 0 bridgehead atoms. The third-order valence-electron chi connectivity index (χ3n) is 5.84. The Kier molecular flexibility index (Phi) is 4.50. The van der Waals surface area contributed by atoms with E-state index >= 15 is 0 Å². The van der Waals surface area contributed by atoms with Gasteiger partial charge in [-0.15, -0.1) is 0 Å². The van der Waals surface area contributed by atoms with Gasteiger partial charge in [0.15, 0.2) is 0 Å². The molecule has 2 aromatic rings. The standard InChI is InChI=1S/C21H23FN2O3/c1-15-18(7-12-27-15)19(25)24-11-9-21(14-24)8-2-10-23(20(21)26)13-16-3-5-17(22)6-4-16/h3-7,12H,2,8-11,13-14H2,1H3. The third kappa shape index (κ3) is 3.24. The number of nitrogens with zero attached hydrogens (tertiary/aromatic N) is 2. The van der Waals surface area contributed by atoms with E-state index in [1.807, 2.05) is 4.90 Å². The molecule has 2 amide bonds. The molecule has 2 aliphatic rings. The number of piperidine rings is 1. The molecule has 1 aromatic carbocycles. The number of furan rings is 1. The minimum Gasteiger partial charge on any atom is -0.469 e. The quantitative estimate of drug-likeness (QED) is 0.832. The van der Waals surface area contributed by atoms with Crippen molar-refractivity contribution in [1.82, 2.24) is 9.80 Å². The average Bonchev–Trinajstić information content (AvgIpc) is 3.28. The Morgan fingerprint density at radius 3 is 2.67 bits per heavy atom. The van der Waals surface area contributed by atoms with E-state index in [0.717, 1.165) is 18.4 Å². The number of likely N-dealkylation sites (tertiary alicyclic amines) is 2. The zero-order chi connectivity index (χ0) is 19.0. The minimum atomic E-state index is -0.494. The van der Waals surface area contributed by atoms with Crippen LogP contribution in [-0.2, 0) is 11.3 Å². The molecular formula is C21H23FN2O3. The second-order valence-corrected chi connectivity index (χ2v) is 7.60. The average molecular weight is 370 g/mol. The number of benzene rings is 1. The van der Waals surface area contributed by atoms with Crippen molar-refractivity contribution in [2.24, 2.45) is 5.41 Å². The summed E-state index contributed by atoms with van der Waals surface area (Å²) >= 11 is 0. The van der Waals surface area contributed by atoms with Crippen molar-refractivity contribution in [1.29, 1.82) is 0 Å². The summed E-state index contributed by atoms with van der Waals surface area (Å²) in [6.45, 7) is 3.99. The molecule has 0 radical (unpaired) electrons. The van der Waals surface area contributed by atoms with E-state index in [1.54, 1.807) is 30.0 Å². The largest absolute Gasteiger partial charge is 0.469 e. The molecule has 2 fully saturated rings. The van der Waals surface area contributed by atoms with Crippen LogP contribution in [0, 0.1) is 18.2 Å². The van der Waals surface area contributed by atoms with E-state index in [1.165, 1.54) is 18.4 Å². The Hall–Kier alpha value is -2.63. The van der Waals surface area contributed by atoms with Gasteiger partial charge in [-0.1, -0.05) is 12.1 Å². The molecule has 1 atom stereocenters. The van der Waals surface area contributed by atoms with Gasteiger partial charge < -0.3 is 14.2 Å². The SMILES string of the molecule is Cc1occc1C(=O)N1CCC2(CCCN(Cc3ccc(F)cc3)C2=O)C1. The fourth-order valence-corrected chi connectivity index (χ4v) is 4.31. The van der Waals surface area contributed by atoms with E-state index in [-0.39, 0.29) is 17.6 Å². The zero-order valence-corrected chi connectivity index (χ0v) is 15.4. The molecule has 0 aliphatic carbocycles. The van der Waals surface area contributed by atoms with Gasteiger partial charge in [0.1, 0.15) is 11.6 Å². The molecule has 4 rings (SSSR count). The number of carbonyl (C=O) groups excluding carboxylic acids is 2. The van der Waals surface area contributed by atoms with Crippen molar-refractivity contribution in [2.75, 3.05) is 19.6 Å². The lowest BCUT2D eigenvalue weighted by atomic mass is 9.78. The second kappa shape index (κ2) is 6.83. The first-order valence-corrected chi connectivity index (χ1v) is 9.36. The summed E-state index contributed by atoms with van der Waals surface area (Å²) in [4.78, 5) is 29.6. The number of halogens is 1. The smallest absolute Gasteiger partial charge is 0.257 e. The van der Waals surface area contributed by atoms with Crippen LogP contribution in [0.3, 0.4) is 0 Å². The van der Waals surface area contributed by atoms with Gasteiger partial charge in [-0.3, -0.25) is 9.59 Å². The maximum Gasteiger partial charge on any atom is 0.257 e. The fourth-order valence-electron chi connectivity index (χ4n) is 4.31. The van der Waals surface area contributed by atoms with Crippen LogP contribution in [0.4, 0.5) is 4.39 Å². The number of carbonyl (C=O) groups is 2. The molecule has 1 spiro atoms. The van der Waals surface area contributed by atoms with E-state index in [9.17, 15) is 14.0 Å². The van der Waals surface area contributed by atoms with Crippen molar-refractivity contribution in [3.8, 4) is 0 Å². The van der Waals surface area contributed by atoms with Gasteiger partial charge in [0, 0.05) is 26.2 Å². The first-order valence-electron chi connectivity index (χ1n) is 9.36. The van der Waals surface area contributed by atoms with Crippen molar-refractivity contribution < 1.29 is 18.4 Å². The van der Waals surface area contributed by atoms with Gasteiger partial charge in [-0.2, -0.15) is 0 Å². The molecule has 0 N–H and O–H groups in total. The van der Waals surface area contributed by atoms with Crippen LogP contribution in [0.25, 0.3) is 0 Å². The van der Waals surface area contributed by atoms with Gasteiger partial charge in [0.25, 0.3) is 5.91 Å².